The summed E-state index contributed by atoms with van der Waals surface area (Å²) in [4.78, 5) is 18.6. The molecule has 0 amide bonds. The first-order valence-corrected chi connectivity index (χ1v) is 12.8. The molecule has 1 N–H and O–H groups in total. The number of aliphatic hydroxyl groups is 1. The number of nitrogens with zero attached hydrogens (tertiary/aromatic N) is 7. The van der Waals surface area contributed by atoms with Gasteiger partial charge in [0.2, 0.25) is 0 Å². The number of aromatic nitrogens is 6. The summed E-state index contributed by atoms with van der Waals surface area (Å²) < 4.78 is 32.5. The minimum absolute atomic E-state index is 0.0193. The molecule has 0 aliphatic rings. The Balaban J connectivity index is 1.30. The smallest absolute Gasteiger partial charge is 0.350 e. The van der Waals surface area contributed by atoms with Gasteiger partial charge in [-0.15, -0.1) is 0 Å². The first kappa shape index (κ1) is 27.4. The summed E-state index contributed by atoms with van der Waals surface area (Å²) in [6.45, 7) is 0.593. The first-order valence-electron chi connectivity index (χ1n) is 12.4. The molecule has 0 bridgehead atoms. The predicted molar refractivity (Wildman–Crippen MR) is 145 cm³/mol. The van der Waals surface area contributed by atoms with Crippen molar-refractivity contribution in [1.29, 1.82) is 0 Å². The summed E-state index contributed by atoms with van der Waals surface area (Å²) in [5.41, 5.74) is 0.260. The molecule has 0 fully saturated rings. The molecule has 1 unspecified atom stereocenters. The molecule has 0 saturated heterocycles. The van der Waals surface area contributed by atoms with Crippen LogP contribution in [0.2, 0.25) is 5.02 Å². The molecule has 0 aliphatic heterocycles. The first-order chi connectivity index (χ1) is 19.2. The van der Waals surface area contributed by atoms with Gasteiger partial charge in [-0.05, 0) is 42.4 Å². The molecule has 2 aromatic heterocycles. The Labute approximate surface area is 233 Å². The number of likely N-dealkylation sites (N-methyl/N-ethyl adjacent to an activating group) is 1. The van der Waals surface area contributed by atoms with Gasteiger partial charge in [0.25, 0.3) is 0 Å². The minimum atomic E-state index is -1.72. The van der Waals surface area contributed by atoms with Crippen LogP contribution in [0.15, 0.2) is 90.5 Å². The number of rotatable bonds is 10. The van der Waals surface area contributed by atoms with Gasteiger partial charge in [-0.25, -0.2) is 32.5 Å². The van der Waals surface area contributed by atoms with E-state index >= 15 is 0 Å². The highest BCUT2D eigenvalue weighted by Gasteiger charge is 2.35. The Kier molecular flexibility index (Phi) is 7.88. The Morgan fingerprint density at radius 2 is 1.80 bits per heavy atom. The lowest BCUT2D eigenvalue weighted by molar-refractivity contribution is -0.0175. The SMILES string of the molecule is CN(Cc1ccc(-n2cnn(Cc3ccccc3Cl)c2=O)cc1)CC(O)(Cn1cncn1)c1ccc(F)cc1F. The number of benzene rings is 3. The number of hydrogen-bond acceptors (Lipinski definition) is 6. The lowest BCUT2D eigenvalue weighted by atomic mass is 9.92. The third-order valence-corrected chi connectivity index (χ3v) is 6.90. The summed E-state index contributed by atoms with van der Waals surface area (Å²) in [6, 6.07) is 17.7. The van der Waals surface area contributed by atoms with Crippen LogP contribution in [0.1, 0.15) is 16.7 Å². The van der Waals surface area contributed by atoms with Gasteiger partial charge in [-0.2, -0.15) is 10.2 Å². The maximum absolute atomic E-state index is 14.7. The standard InChI is InChI=1S/C28H26ClF2N7O2/c1-35(15-28(40,16-36-18-32-17-33-36)24-11-8-22(30)12-26(24)31)13-20-6-9-23(10-7-20)37-19-34-38(27(37)39)14-21-4-2-3-5-25(21)29/h2-12,17-19,40H,13-16H2,1H3. The maximum atomic E-state index is 14.7. The second-order valence-electron chi connectivity index (χ2n) is 9.62. The van der Waals surface area contributed by atoms with Crippen molar-refractivity contribution in [3.05, 3.63) is 130 Å². The van der Waals surface area contributed by atoms with Crippen LogP contribution in [0.25, 0.3) is 5.69 Å². The van der Waals surface area contributed by atoms with E-state index in [0.29, 0.717) is 17.3 Å². The normalized spacial score (nSPS) is 13.1. The molecule has 206 valence electrons. The van der Waals surface area contributed by atoms with Crippen molar-refractivity contribution >= 4 is 11.6 Å². The highest BCUT2D eigenvalue weighted by atomic mass is 35.5. The van der Waals surface area contributed by atoms with Crippen molar-refractivity contribution in [3.8, 4) is 5.69 Å². The topological polar surface area (TPSA) is 94.0 Å². The number of halogens is 3. The summed E-state index contributed by atoms with van der Waals surface area (Å²) in [5.74, 6) is -1.58. The lowest BCUT2D eigenvalue weighted by Crippen LogP contribution is -2.43. The van der Waals surface area contributed by atoms with Crippen molar-refractivity contribution in [2.24, 2.45) is 0 Å². The fourth-order valence-corrected chi connectivity index (χ4v) is 4.85. The average molecular weight is 566 g/mol. The quantitative estimate of drug-likeness (QED) is 0.278. The third-order valence-electron chi connectivity index (χ3n) is 6.53. The molecular formula is C28H26ClF2N7O2. The van der Waals surface area contributed by atoms with Crippen LogP contribution >= 0.6 is 11.6 Å². The van der Waals surface area contributed by atoms with E-state index in [9.17, 15) is 18.7 Å². The van der Waals surface area contributed by atoms with E-state index in [0.717, 1.165) is 23.3 Å². The van der Waals surface area contributed by atoms with Gasteiger partial charge in [-0.3, -0.25) is 4.90 Å². The zero-order chi connectivity index (χ0) is 28.3. The highest BCUT2D eigenvalue weighted by molar-refractivity contribution is 6.31. The fraction of sp³-hybridized carbons (Fsp3) is 0.214. The van der Waals surface area contributed by atoms with Crippen molar-refractivity contribution in [1.82, 2.24) is 34.0 Å². The van der Waals surface area contributed by atoms with Gasteiger partial charge in [0.15, 0.2) is 0 Å². The summed E-state index contributed by atoms with van der Waals surface area (Å²) in [7, 11) is 1.78. The van der Waals surface area contributed by atoms with Gasteiger partial charge < -0.3 is 5.11 Å². The van der Waals surface area contributed by atoms with E-state index in [1.54, 1.807) is 25.2 Å². The third kappa shape index (κ3) is 6.01. The van der Waals surface area contributed by atoms with Crippen LogP contribution in [0.3, 0.4) is 0 Å². The van der Waals surface area contributed by atoms with Crippen molar-refractivity contribution in [2.45, 2.75) is 25.2 Å². The second-order valence-corrected chi connectivity index (χ2v) is 10.0. The summed E-state index contributed by atoms with van der Waals surface area (Å²) >= 11 is 6.22. The highest BCUT2D eigenvalue weighted by Crippen LogP contribution is 2.28. The Morgan fingerprint density at radius 3 is 2.50 bits per heavy atom. The molecular weight excluding hydrogens is 540 g/mol. The van der Waals surface area contributed by atoms with Gasteiger partial charge >= 0.3 is 5.69 Å². The van der Waals surface area contributed by atoms with E-state index in [1.165, 1.54) is 39.0 Å². The Morgan fingerprint density at radius 1 is 1.02 bits per heavy atom. The largest absolute Gasteiger partial charge is 0.382 e. The molecule has 9 nitrogen and oxygen atoms in total. The van der Waals surface area contributed by atoms with Crippen molar-refractivity contribution < 1.29 is 13.9 Å². The molecule has 5 aromatic rings. The van der Waals surface area contributed by atoms with Crippen LogP contribution in [0.4, 0.5) is 8.78 Å². The van der Waals surface area contributed by atoms with Gasteiger partial charge in [0, 0.05) is 29.7 Å². The molecule has 40 heavy (non-hydrogen) atoms. The fourth-order valence-electron chi connectivity index (χ4n) is 4.66. The molecule has 0 saturated carbocycles. The van der Waals surface area contributed by atoms with E-state index in [2.05, 4.69) is 15.2 Å². The second kappa shape index (κ2) is 11.5. The van der Waals surface area contributed by atoms with Crippen LogP contribution in [-0.2, 0) is 25.2 Å². The summed E-state index contributed by atoms with van der Waals surface area (Å²) in [5, 5.41) is 20.4. The van der Waals surface area contributed by atoms with Crippen molar-refractivity contribution in [3.63, 3.8) is 0 Å². The molecule has 0 spiro atoms. The van der Waals surface area contributed by atoms with Crippen molar-refractivity contribution in [2.75, 3.05) is 13.6 Å². The van der Waals surface area contributed by atoms with E-state index in [1.807, 2.05) is 35.2 Å². The Bertz CT molecular complexity index is 1650. The molecule has 12 heteroatoms. The average Bonchev–Trinajstić information content (AvgIpc) is 3.55. The van der Waals surface area contributed by atoms with Gasteiger partial charge in [-0.1, -0.05) is 48.0 Å². The predicted octanol–water partition coefficient (Wildman–Crippen LogP) is 3.63. The van der Waals surface area contributed by atoms with E-state index in [-0.39, 0.29) is 30.9 Å². The monoisotopic (exact) mass is 565 g/mol. The number of hydrogen-bond donors (Lipinski definition) is 1. The zero-order valence-corrected chi connectivity index (χ0v) is 22.3. The van der Waals surface area contributed by atoms with E-state index < -0.39 is 17.2 Å². The zero-order valence-electron chi connectivity index (χ0n) is 21.5. The molecule has 0 aliphatic carbocycles. The van der Waals surface area contributed by atoms with Crippen LogP contribution in [0, 0.1) is 11.6 Å². The Hall–Kier alpha value is -4.19. The van der Waals surface area contributed by atoms with Gasteiger partial charge in [0.1, 0.15) is 36.2 Å². The molecule has 1 atom stereocenters. The van der Waals surface area contributed by atoms with E-state index in [4.69, 9.17) is 11.6 Å². The summed E-state index contributed by atoms with van der Waals surface area (Å²) in [6.07, 6.45) is 4.20. The molecule has 5 rings (SSSR count). The molecule has 0 radical (unpaired) electrons. The molecule has 2 heterocycles. The molecule has 3 aromatic carbocycles. The lowest BCUT2D eigenvalue weighted by Gasteiger charge is -2.33. The van der Waals surface area contributed by atoms with Gasteiger partial charge in [0.05, 0.1) is 18.8 Å². The maximum Gasteiger partial charge on any atom is 0.350 e. The van der Waals surface area contributed by atoms with Crippen LogP contribution in [-0.4, -0.2) is 52.7 Å². The van der Waals surface area contributed by atoms with Crippen LogP contribution < -0.4 is 5.69 Å². The minimum Gasteiger partial charge on any atom is -0.382 e. The van der Waals surface area contributed by atoms with Crippen LogP contribution in [0.5, 0.6) is 0 Å².